The molecule has 1 aromatic heterocycles. The van der Waals surface area contributed by atoms with Crippen LogP contribution in [0.1, 0.15) is 52.9 Å². The molecule has 8 heteroatoms. The van der Waals surface area contributed by atoms with Crippen LogP contribution in [0.3, 0.4) is 0 Å². The number of aryl methyl sites for hydroxylation is 2. The first kappa shape index (κ1) is 24.6. The first-order chi connectivity index (χ1) is 15.9. The third-order valence-corrected chi connectivity index (χ3v) is 5.63. The van der Waals surface area contributed by atoms with Gasteiger partial charge < -0.3 is 24.1 Å². The molecule has 0 spiro atoms. The van der Waals surface area contributed by atoms with Crippen LogP contribution in [0.5, 0.6) is 17.2 Å². The number of nitrogens with one attached hydrogen (secondary N) is 1. The van der Waals surface area contributed by atoms with Gasteiger partial charge in [0.05, 0.1) is 26.4 Å². The monoisotopic (exact) mass is 457 g/mol. The molecule has 0 radical (unpaired) electrons. The SMILES string of the molecule is CCOc1cc(C(=O)N2CCN(CC(=O)c3cc(C)[nH]c3C)CC2)cc(OCC)c1OCC. The van der Waals surface area contributed by atoms with Gasteiger partial charge in [0.25, 0.3) is 5.91 Å². The molecule has 1 aliphatic heterocycles. The topological polar surface area (TPSA) is 84.1 Å². The number of carbonyl (C=O) groups is 2. The van der Waals surface area contributed by atoms with E-state index in [9.17, 15) is 9.59 Å². The number of carbonyl (C=O) groups excluding carboxylic acids is 2. The molecule has 0 aliphatic carbocycles. The second-order valence-electron chi connectivity index (χ2n) is 8.08. The zero-order valence-electron chi connectivity index (χ0n) is 20.3. The van der Waals surface area contributed by atoms with Gasteiger partial charge in [-0.05, 0) is 52.8 Å². The highest BCUT2D eigenvalue weighted by atomic mass is 16.5. The summed E-state index contributed by atoms with van der Waals surface area (Å²) in [7, 11) is 0. The number of aromatic amines is 1. The molecule has 8 nitrogen and oxygen atoms in total. The molecule has 0 saturated carbocycles. The summed E-state index contributed by atoms with van der Waals surface area (Å²) < 4.78 is 17.2. The third-order valence-electron chi connectivity index (χ3n) is 5.63. The van der Waals surface area contributed by atoms with Gasteiger partial charge in [0, 0.05) is 48.7 Å². The van der Waals surface area contributed by atoms with E-state index in [4.69, 9.17) is 14.2 Å². The van der Waals surface area contributed by atoms with Crippen LogP contribution in [0.4, 0.5) is 0 Å². The van der Waals surface area contributed by atoms with Crippen LogP contribution >= 0.6 is 0 Å². The van der Waals surface area contributed by atoms with Crippen molar-refractivity contribution in [2.24, 2.45) is 0 Å². The normalized spacial score (nSPS) is 14.3. The van der Waals surface area contributed by atoms with E-state index in [1.54, 1.807) is 12.1 Å². The number of H-pyrrole nitrogens is 1. The summed E-state index contributed by atoms with van der Waals surface area (Å²) in [6, 6.07) is 5.35. The standard InChI is InChI=1S/C25H35N3O5/c1-6-31-22-14-19(15-23(32-7-2)24(22)33-8-3)25(30)28-11-9-27(10-12-28)16-21(29)20-13-17(4)26-18(20)5/h13-15,26H,6-12,16H2,1-5H3. The lowest BCUT2D eigenvalue weighted by atomic mass is 10.1. The summed E-state index contributed by atoms with van der Waals surface area (Å²) in [5, 5.41) is 0. The molecular weight excluding hydrogens is 422 g/mol. The lowest BCUT2D eigenvalue weighted by Crippen LogP contribution is -2.49. The Balaban J connectivity index is 1.68. The van der Waals surface area contributed by atoms with Gasteiger partial charge in [-0.3, -0.25) is 14.5 Å². The summed E-state index contributed by atoms with van der Waals surface area (Å²) in [4.78, 5) is 33.0. The maximum absolute atomic E-state index is 13.3. The van der Waals surface area contributed by atoms with Gasteiger partial charge in [0.15, 0.2) is 17.3 Å². The van der Waals surface area contributed by atoms with Crippen LogP contribution < -0.4 is 14.2 Å². The van der Waals surface area contributed by atoms with Gasteiger partial charge in [-0.1, -0.05) is 0 Å². The largest absolute Gasteiger partial charge is 0.490 e. The Morgan fingerprint density at radius 2 is 1.45 bits per heavy atom. The number of Topliss-reactive ketones (excluding diaryl/α,β-unsaturated/α-hetero) is 1. The van der Waals surface area contributed by atoms with E-state index >= 15 is 0 Å². The van der Waals surface area contributed by atoms with Crippen LogP contribution in [0.15, 0.2) is 18.2 Å². The van der Waals surface area contributed by atoms with E-state index in [1.165, 1.54) is 0 Å². The number of hydrogen-bond acceptors (Lipinski definition) is 6. The lowest BCUT2D eigenvalue weighted by molar-refractivity contribution is 0.0623. The molecule has 1 aliphatic rings. The predicted molar refractivity (Wildman–Crippen MR) is 127 cm³/mol. The molecule has 0 unspecified atom stereocenters. The number of amides is 1. The number of hydrogen-bond donors (Lipinski definition) is 1. The number of aromatic nitrogens is 1. The van der Waals surface area contributed by atoms with Gasteiger partial charge >= 0.3 is 0 Å². The van der Waals surface area contributed by atoms with Crippen LogP contribution in [0.2, 0.25) is 0 Å². The van der Waals surface area contributed by atoms with Crippen molar-refractivity contribution in [1.82, 2.24) is 14.8 Å². The minimum atomic E-state index is -0.0805. The average Bonchev–Trinajstić information content (AvgIpc) is 3.14. The number of benzene rings is 1. The smallest absolute Gasteiger partial charge is 0.254 e. The van der Waals surface area contributed by atoms with Crippen LogP contribution in [-0.4, -0.2) is 79.0 Å². The molecule has 2 aromatic rings. The Kier molecular flexibility index (Phi) is 8.38. The van der Waals surface area contributed by atoms with Crippen LogP contribution in [-0.2, 0) is 0 Å². The number of ketones is 1. The molecule has 1 saturated heterocycles. The summed E-state index contributed by atoms with van der Waals surface area (Å²) in [5.74, 6) is 1.57. The van der Waals surface area contributed by atoms with E-state index in [0.29, 0.717) is 75.4 Å². The van der Waals surface area contributed by atoms with Gasteiger partial charge in [0.1, 0.15) is 0 Å². The Labute approximate surface area is 195 Å². The highest BCUT2D eigenvalue weighted by molar-refractivity contribution is 5.99. The van der Waals surface area contributed by atoms with Crippen molar-refractivity contribution in [3.8, 4) is 17.2 Å². The maximum Gasteiger partial charge on any atom is 0.254 e. The number of piperazine rings is 1. The fourth-order valence-electron chi connectivity index (χ4n) is 4.11. The molecule has 1 aromatic carbocycles. The minimum Gasteiger partial charge on any atom is -0.490 e. The minimum absolute atomic E-state index is 0.0805. The lowest BCUT2D eigenvalue weighted by Gasteiger charge is -2.34. The Hall–Kier alpha value is -3.00. The van der Waals surface area contributed by atoms with Crippen molar-refractivity contribution in [1.29, 1.82) is 0 Å². The Bertz CT molecular complexity index is 949. The van der Waals surface area contributed by atoms with Crippen molar-refractivity contribution >= 4 is 11.7 Å². The number of ether oxygens (including phenoxy) is 3. The predicted octanol–water partition coefficient (Wildman–Crippen LogP) is 3.47. The summed E-state index contributed by atoms with van der Waals surface area (Å²) in [6.45, 7) is 13.7. The van der Waals surface area contributed by atoms with E-state index < -0.39 is 0 Å². The molecule has 1 fully saturated rings. The van der Waals surface area contributed by atoms with E-state index in [2.05, 4.69) is 9.88 Å². The highest BCUT2D eigenvalue weighted by Gasteiger charge is 2.26. The number of nitrogens with zero attached hydrogens (tertiary/aromatic N) is 2. The molecule has 1 amide bonds. The van der Waals surface area contributed by atoms with E-state index in [0.717, 1.165) is 17.0 Å². The second kappa shape index (κ2) is 11.2. The van der Waals surface area contributed by atoms with Crippen molar-refractivity contribution in [2.45, 2.75) is 34.6 Å². The second-order valence-corrected chi connectivity index (χ2v) is 8.08. The van der Waals surface area contributed by atoms with Crippen molar-refractivity contribution in [3.63, 3.8) is 0 Å². The molecule has 180 valence electrons. The third kappa shape index (κ3) is 5.87. The zero-order valence-corrected chi connectivity index (χ0v) is 20.3. The molecule has 3 rings (SSSR count). The molecular formula is C25H35N3O5. The molecule has 33 heavy (non-hydrogen) atoms. The zero-order chi connectivity index (χ0) is 24.0. The van der Waals surface area contributed by atoms with Crippen molar-refractivity contribution < 1.29 is 23.8 Å². The summed E-state index contributed by atoms with van der Waals surface area (Å²) in [6.07, 6.45) is 0. The van der Waals surface area contributed by atoms with E-state index in [-0.39, 0.29) is 11.7 Å². The van der Waals surface area contributed by atoms with Crippen LogP contribution in [0, 0.1) is 13.8 Å². The Morgan fingerprint density at radius 1 is 0.879 bits per heavy atom. The maximum atomic E-state index is 13.3. The summed E-state index contributed by atoms with van der Waals surface area (Å²) in [5.41, 5.74) is 3.14. The summed E-state index contributed by atoms with van der Waals surface area (Å²) >= 11 is 0. The molecule has 2 heterocycles. The van der Waals surface area contributed by atoms with Gasteiger partial charge in [0.2, 0.25) is 5.75 Å². The van der Waals surface area contributed by atoms with Gasteiger partial charge in [-0.25, -0.2) is 0 Å². The van der Waals surface area contributed by atoms with Crippen molar-refractivity contribution in [3.05, 3.63) is 40.7 Å². The van der Waals surface area contributed by atoms with Crippen LogP contribution in [0.25, 0.3) is 0 Å². The van der Waals surface area contributed by atoms with Crippen molar-refractivity contribution in [2.75, 3.05) is 52.5 Å². The quantitative estimate of drug-likeness (QED) is 0.550. The first-order valence-electron chi connectivity index (χ1n) is 11.6. The van der Waals surface area contributed by atoms with E-state index in [1.807, 2.05) is 45.6 Å². The van der Waals surface area contributed by atoms with Gasteiger partial charge in [-0.2, -0.15) is 0 Å². The van der Waals surface area contributed by atoms with Gasteiger partial charge in [-0.15, -0.1) is 0 Å². The average molecular weight is 458 g/mol. The highest BCUT2D eigenvalue weighted by Crippen LogP contribution is 2.39. The fourth-order valence-corrected chi connectivity index (χ4v) is 4.11. The molecule has 0 bridgehead atoms. The number of rotatable bonds is 10. The first-order valence-corrected chi connectivity index (χ1v) is 11.6. The molecule has 0 atom stereocenters. The molecule has 1 N–H and O–H groups in total. The Morgan fingerprint density at radius 3 is 1.94 bits per heavy atom. The fraction of sp³-hybridized carbons (Fsp3) is 0.520.